The molecule has 1 aromatic rings. The number of halogens is 1. The normalized spacial score (nSPS) is 11.4. The molecule has 0 N–H and O–H groups in total. The van der Waals surface area contributed by atoms with E-state index in [1.165, 1.54) is 0 Å². The number of rotatable bonds is 4. The van der Waals surface area contributed by atoms with Gasteiger partial charge in [-0.25, -0.2) is 0 Å². The van der Waals surface area contributed by atoms with Crippen LogP contribution in [0.15, 0.2) is 24.3 Å². The highest BCUT2D eigenvalue weighted by atomic mass is 79.9. The molecule has 0 aliphatic carbocycles. The lowest BCUT2D eigenvalue weighted by Gasteiger charge is -2.23. The predicted octanol–water partition coefficient (Wildman–Crippen LogP) is 3.30. The smallest absolute Gasteiger partial charge is 0.143 e. The average molecular weight is 259 g/mol. The molecule has 0 aliphatic heterocycles. The highest BCUT2D eigenvalue weighted by Gasteiger charge is 2.19. The molecule has 0 atom stereocenters. The summed E-state index contributed by atoms with van der Waals surface area (Å²) in [6, 6.07) is 7.92. The zero-order chi connectivity index (χ0) is 10.6. The molecule has 14 heavy (non-hydrogen) atoms. The van der Waals surface area contributed by atoms with E-state index in [0.717, 1.165) is 11.3 Å². The van der Waals surface area contributed by atoms with Gasteiger partial charge in [0.2, 0.25) is 0 Å². The third-order valence-corrected chi connectivity index (χ3v) is 2.49. The summed E-state index contributed by atoms with van der Waals surface area (Å²) in [5.41, 5.74) is 1.34. The van der Waals surface area contributed by atoms with Crippen LogP contribution in [-0.4, -0.2) is 12.6 Å². The first-order chi connectivity index (χ1) is 6.60. The van der Waals surface area contributed by atoms with E-state index in [2.05, 4.69) is 15.9 Å². The van der Waals surface area contributed by atoms with Gasteiger partial charge in [0.05, 0.1) is 5.60 Å². The zero-order valence-electron chi connectivity index (χ0n) is 8.71. The molecule has 0 heterocycles. The van der Waals surface area contributed by atoms with E-state index >= 15 is 0 Å². The highest BCUT2D eigenvalue weighted by molar-refractivity contribution is 9.09. The van der Waals surface area contributed by atoms with E-state index in [1.54, 1.807) is 7.11 Å². The first kappa shape index (κ1) is 11.5. The number of benzene rings is 1. The molecule has 78 valence electrons. The average Bonchev–Trinajstić information content (AvgIpc) is 2.19. The van der Waals surface area contributed by atoms with Crippen molar-refractivity contribution in [1.29, 1.82) is 0 Å². The summed E-state index contributed by atoms with van der Waals surface area (Å²) in [6.45, 7) is 4.06. The SMILES string of the molecule is COC(C)(C)c1cccc(OCBr)c1. The zero-order valence-corrected chi connectivity index (χ0v) is 10.3. The molecular weight excluding hydrogens is 244 g/mol. The van der Waals surface area contributed by atoms with E-state index < -0.39 is 0 Å². The molecule has 1 rings (SSSR count). The third-order valence-electron chi connectivity index (χ3n) is 2.26. The monoisotopic (exact) mass is 258 g/mol. The molecule has 0 aliphatic rings. The number of ether oxygens (including phenoxy) is 2. The number of hydrogen-bond acceptors (Lipinski definition) is 2. The Morgan fingerprint density at radius 3 is 2.64 bits per heavy atom. The summed E-state index contributed by atoms with van der Waals surface area (Å²) < 4.78 is 10.7. The first-order valence-corrected chi connectivity index (χ1v) is 5.57. The van der Waals surface area contributed by atoms with Gasteiger partial charge in [0.15, 0.2) is 0 Å². The predicted molar refractivity (Wildman–Crippen MR) is 60.9 cm³/mol. The standard InChI is InChI=1S/C11H15BrO2/c1-11(2,13-3)9-5-4-6-10(7-9)14-8-12/h4-7H,8H2,1-3H3. The number of hydrogen-bond donors (Lipinski definition) is 0. The lowest BCUT2D eigenvalue weighted by atomic mass is 9.98. The highest BCUT2D eigenvalue weighted by Crippen LogP contribution is 2.26. The second-order valence-electron chi connectivity index (χ2n) is 3.50. The molecular formula is C11H15BrO2. The first-order valence-electron chi connectivity index (χ1n) is 4.44. The van der Waals surface area contributed by atoms with Crippen LogP contribution in [0, 0.1) is 0 Å². The molecule has 0 aromatic heterocycles. The van der Waals surface area contributed by atoms with Crippen LogP contribution in [0.25, 0.3) is 0 Å². The minimum absolute atomic E-state index is 0.272. The fourth-order valence-electron chi connectivity index (χ4n) is 1.14. The molecule has 0 saturated heterocycles. The van der Waals surface area contributed by atoms with Crippen molar-refractivity contribution in [2.24, 2.45) is 0 Å². The van der Waals surface area contributed by atoms with Crippen LogP contribution in [0.5, 0.6) is 5.75 Å². The van der Waals surface area contributed by atoms with Crippen molar-refractivity contribution in [2.45, 2.75) is 19.4 Å². The second kappa shape index (κ2) is 4.80. The van der Waals surface area contributed by atoms with Gasteiger partial charge in [0, 0.05) is 7.11 Å². The Labute approximate surface area is 93.4 Å². The van der Waals surface area contributed by atoms with Gasteiger partial charge in [-0.15, -0.1) is 0 Å². The van der Waals surface area contributed by atoms with Crippen molar-refractivity contribution in [1.82, 2.24) is 0 Å². The quantitative estimate of drug-likeness (QED) is 0.772. The van der Waals surface area contributed by atoms with E-state index in [-0.39, 0.29) is 5.60 Å². The van der Waals surface area contributed by atoms with Gasteiger partial charge in [-0.1, -0.05) is 12.1 Å². The van der Waals surface area contributed by atoms with Gasteiger partial charge in [-0.3, -0.25) is 0 Å². The van der Waals surface area contributed by atoms with Crippen molar-refractivity contribution in [3.63, 3.8) is 0 Å². The van der Waals surface area contributed by atoms with Crippen LogP contribution < -0.4 is 4.74 Å². The van der Waals surface area contributed by atoms with Gasteiger partial charge in [0.1, 0.15) is 11.3 Å². The lowest BCUT2D eigenvalue weighted by Crippen LogP contribution is -2.19. The van der Waals surface area contributed by atoms with E-state index in [1.807, 2.05) is 38.1 Å². The van der Waals surface area contributed by atoms with Crippen LogP contribution in [0.3, 0.4) is 0 Å². The summed E-state index contributed by atoms with van der Waals surface area (Å²) in [5, 5.41) is 0. The van der Waals surface area contributed by atoms with E-state index in [0.29, 0.717) is 5.52 Å². The van der Waals surface area contributed by atoms with Crippen LogP contribution in [0.1, 0.15) is 19.4 Å². The van der Waals surface area contributed by atoms with E-state index in [9.17, 15) is 0 Å². The Morgan fingerprint density at radius 2 is 2.07 bits per heavy atom. The molecule has 3 heteroatoms. The summed E-state index contributed by atoms with van der Waals surface area (Å²) in [6.07, 6.45) is 0. The Morgan fingerprint density at radius 1 is 1.36 bits per heavy atom. The van der Waals surface area contributed by atoms with Crippen LogP contribution in [0.2, 0.25) is 0 Å². The van der Waals surface area contributed by atoms with Crippen molar-refractivity contribution in [3.8, 4) is 5.75 Å². The summed E-state index contributed by atoms with van der Waals surface area (Å²) in [4.78, 5) is 0. The Hall–Kier alpha value is -0.540. The van der Waals surface area contributed by atoms with Gasteiger partial charge in [-0.05, 0) is 47.5 Å². The summed E-state index contributed by atoms with van der Waals surface area (Å²) >= 11 is 3.22. The van der Waals surface area contributed by atoms with Gasteiger partial charge in [0.25, 0.3) is 0 Å². The van der Waals surface area contributed by atoms with Crippen molar-refractivity contribution in [2.75, 3.05) is 12.6 Å². The van der Waals surface area contributed by atoms with Gasteiger partial charge >= 0.3 is 0 Å². The molecule has 0 unspecified atom stereocenters. The fraction of sp³-hybridized carbons (Fsp3) is 0.455. The molecule has 0 spiro atoms. The van der Waals surface area contributed by atoms with Crippen LogP contribution in [-0.2, 0) is 10.3 Å². The molecule has 0 amide bonds. The molecule has 2 nitrogen and oxygen atoms in total. The largest absolute Gasteiger partial charge is 0.482 e. The maximum atomic E-state index is 5.39. The fourth-order valence-corrected chi connectivity index (χ4v) is 1.41. The third kappa shape index (κ3) is 2.72. The summed E-state index contributed by atoms with van der Waals surface area (Å²) in [7, 11) is 1.71. The Bertz CT molecular complexity index is 297. The summed E-state index contributed by atoms with van der Waals surface area (Å²) in [5.74, 6) is 0.851. The topological polar surface area (TPSA) is 18.5 Å². The minimum atomic E-state index is -0.272. The van der Waals surface area contributed by atoms with Gasteiger partial charge in [-0.2, -0.15) is 0 Å². The molecule has 0 radical (unpaired) electrons. The molecule has 0 fully saturated rings. The molecule has 0 bridgehead atoms. The lowest BCUT2D eigenvalue weighted by molar-refractivity contribution is 0.0190. The minimum Gasteiger partial charge on any atom is -0.482 e. The van der Waals surface area contributed by atoms with E-state index in [4.69, 9.17) is 9.47 Å². The van der Waals surface area contributed by atoms with Crippen LogP contribution >= 0.6 is 15.9 Å². The molecule has 1 aromatic carbocycles. The maximum absolute atomic E-state index is 5.39. The number of methoxy groups -OCH3 is 1. The van der Waals surface area contributed by atoms with Crippen LogP contribution in [0.4, 0.5) is 0 Å². The second-order valence-corrected chi connectivity index (χ2v) is 3.95. The van der Waals surface area contributed by atoms with Gasteiger partial charge < -0.3 is 9.47 Å². The maximum Gasteiger partial charge on any atom is 0.143 e. The van der Waals surface area contributed by atoms with Crippen molar-refractivity contribution < 1.29 is 9.47 Å². The van der Waals surface area contributed by atoms with Crippen molar-refractivity contribution >= 4 is 15.9 Å². The number of alkyl halides is 1. The molecule has 0 saturated carbocycles. The Balaban J connectivity index is 2.93. The Kier molecular flexibility index (Phi) is 3.96. The van der Waals surface area contributed by atoms with Crippen molar-refractivity contribution in [3.05, 3.63) is 29.8 Å².